The molecule has 2 nitrogen and oxygen atoms in total. The van der Waals surface area contributed by atoms with Gasteiger partial charge < -0.3 is 10.8 Å². The molecule has 0 bridgehead atoms. The summed E-state index contributed by atoms with van der Waals surface area (Å²) in [5, 5.41) is 9.01. The van der Waals surface area contributed by atoms with Crippen molar-refractivity contribution < 1.29 is 18.3 Å². The third kappa shape index (κ3) is 4.75. The lowest BCUT2D eigenvalue weighted by atomic mass is 10.0. The molecular formula is C9H9Br2ClF3NO. The van der Waals surface area contributed by atoms with Crippen LogP contribution in [0.5, 0.6) is 0 Å². The standard InChI is InChI=1S/C9H8Br2F3NO.ClH/c10-5-1-4(2-6(11)3-5)7(15)8(16)9(12,13)14;/h1-3,7-8,16H,15H2;1H/t7-,8-;/m1./s1. The van der Waals surface area contributed by atoms with Gasteiger partial charge in [0.05, 0.1) is 6.04 Å². The van der Waals surface area contributed by atoms with Gasteiger partial charge in [0, 0.05) is 8.95 Å². The predicted molar refractivity (Wildman–Crippen MR) is 68.1 cm³/mol. The van der Waals surface area contributed by atoms with Crippen molar-refractivity contribution in [1.29, 1.82) is 0 Å². The molecule has 0 fully saturated rings. The van der Waals surface area contributed by atoms with Gasteiger partial charge in [0.2, 0.25) is 0 Å². The Morgan fingerprint density at radius 1 is 1.12 bits per heavy atom. The largest absolute Gasteiger partial charge is 0.416 e. The molecule has 0 unspecified atom stereocenters. The maximum Gasteiger partial charge on any atom is 0.416 e. The Morgan fingerprint density at radius 3 is 1.88 bits per heavy atom. The Hall–Kier alpha value is 0.180. The minimum absolute atomic E-state index is 0. The highest BCUT2D eigenvalue weighted by atomic mass is 79.9. The van der Waals surface area contributed by atoms with Crippen molar-refractivity contribution in [3.63, 3.8) is 0 Å². The molecule has 0 aromatic heterocycles. The van der Waals surface area contributed by atoms with Crippen LogP contribution in [0.15, 0.2) is 27.1 Å². The lowest BCUT2D eigenvalue weighted by Gasteiger charge is -2.22. The molecule has 0 aliphatic heterocycles. The van der Waals surface area contributed by atoms with Crippen molar-refractivity contribution in [1.82, 2.24) is 0 Å². The average Bonchev–Trinajstić information content (AvgIpc) is 2.12. The van der Waals surface area contributed by atoms with Crippen molar-refractivity contribution in [3.8, 4) is 0 Å². The molecule has 8 heteroatoms. The lowest BCUT2D eigenvalue weighted by Crippen LogP contribution is -2.38. The number of rotatable bonds is 2. The Kier molecular flexibility index (Phi) is 6.44. The van der Waals surface area contributed by atoms with Gasteiger partial charge in [-0.25, -0.2) is 0 Å². The molecule has 0 amide bonds. The van der Waals surface area contributed by atoms with Gasteiger partial charge >= 0.3 is 6.18 Å². The summed E-state index contributed by atoms with van der Waals surface area (Å²) in [6.07, 6.45) is -7.30. The van der Waals surface area contributed by atoms with Crippen LogP contribution >= 0.6 is 44.3 Å². The highest BCUT2D eigenvalue weighted by Gasteiger charge is 2.42. The molecule has 0 heterocycles. The van der Waals surface area contributed by atoms with E-state index in [1.54, 1.807) is 6.07 Å². The maximum atomic E-state index is 12.2. The van der Waals surface area contributed by atoms with Crippen molar-refractivity contribution in [2.75, 3.05) is 0 Å². The first-order valence-corrected chi connectivity index (χ1v) is 5.77. The van der Waals surface area contributed by atoms with Crippen LogP contribution in [0, 0.1) is 0 Å². The molecule has 0 aliphatic carbocycles. The molecule has 1 aromatic carbocycles. The number of hydrogen-bond donors (Lipinski definition) is 2. The van der Waals surface area contributed by atoms with Crippen molar-refractivity contribution in [2.24, 2.45) is 5.73 Å². The summed E-state index contributed by atoms with van der Waals surface area (Å²) >= 11 is 6.26. The van der Waals surface area contributed by atoms with E-state index in [1.165, 1.54) is 12.1 Å². The van der Waals surface area contributed by atoms with Crippen molar-refractivity contribution in [2.45, 2.75) is 18.3 Å². The van der Waals surface area contributed by atoms with Gasteiger partial charge in [-0.3, -0.25) is 0 Å². The van der Waals surface area contributed by atoms with E-state index in [1.807, 2.05) is 0 Å². The van der Waals surface area contributed by atoms with Gasteiger partial charge in [-0.1, -0.05) is 31.9 Å². The summed E-state index contributed by atoms with van der Waals surface area (Å²) < 4.78 is 37.9. The summed E-state index contributed by atoms with van der Waals surface area (Å²) in [6.45, 7) is 0. The van der Waals surface area contributed by atoms with Gasteiger partial charge in [-0.15, -0.1) is 12.4 Å². The maximum absolute atomic E-state index is 12.2. The molecule has 0 spiro atoms. The molecule has 17 heavy (non-hydrogen) atoms. The normalized spacial score (nSPS) is 15.0. The number of alkyl halides is 3. The fourth-order valence-electron chi connectivity index (χ4n) is 1.15. The predicted octanol–water partition coefficient (Wildman–Crippen LogP) is 3.56. The summed E-state index contributed by atoms with van der Waals surface area (Å²) in [7, 11) is 0. The fourth-order valence-corrected chi connectivity index (χ4v) is 2.48. The van der Waals surface area contributed by atoms with Crippen LogP contribution in [0.1, 0.15) is 11.6 Å². The number of benzene rings is 1. The smallest absolute Gasteiger partial charge is 0.382 e. The van der Waals surface area contributed by atoms with Crippen LogP contribution in [-0.2, 0) is 0 Å². The van der Waals surface area contributed by atoms with Gasteiger partial charge in [0.15, 0.2) is 6.10 Å². The van der Waals surface area contributed by atoms with E-state index >= 15 is 0 Å². The molecule has 98 valence electrons. The van der Waals surface area contributed by atoms with Crippen LogP contribution in [0.3, 0.4) is 0 Å². The molecule has 0 saturated heterocycles. The molecule has 0 aliphatic rings. The number of aliphatic hydroxyl groups is 1. The Labute approximate surface area is 119 Å². The quantitative estimate of drug-likeness (QED) is 0.799. The van der Waals surface area contributed by atoms with E-state index in [9.17, 15) is 13.2 Å². The number of nitrogens with two attached hydrogens (primary N) is 1. The summed E-state index contributed by atoms with van der Waals surface area (Å²) in [4.78, 5) is 0. The second-order valence-corrected chi connectivity index (χ2v) is 5.05. The number of aliphatic hydroxyl groups excluding tert-OH is 1. The summed E-state index contributed by atoms with van der Waals surface area (Å²) in [5.41, 5.74) is 5.55. The third-order valence-corrected chi connectivity index (χ3v) is 2.86. The average molecular weight is 399 g/mol. The Bertz CT molecular complexity index is 369. The van der Waals surface area contributed by atoms with Crippen molar-refractivity contribution in [3.05, 3.63) is 32.7 Å². The third-order valence-electron chi connectivity index (χ3n) is 1.95. The van der Waals surface area contributed by atoms with Crippen LogP contribution in [0.4, 0.5) is 13.2 Å². The van der Waals surface area contributed by atoms with Crippen LogP contribution < -0.4 is 5.73 Å². The monoisotopic (exact) mass is 397 g/mol. The van der Waals surface area contributed by atoms with E-state index in [-0.39, 0.29) is 18.0 Å². The topological polar surface area (TPSA) is 46.2 Å². The van der Waals surface area contributed by atoms with E-state index < -0.39 is 18.3 Å². The number of halogens is 6. The van der Waals surface area contributed by atoms with E-state index in [0.29, 0.717) is 8.95 Å². The molecular weight excluding hydrogens is 390 g/mol. The van der Waals surface area contributed by atoms with E-state index in [2.05, 4.69) is 31.9 Å². The molecule has 0 radical (unpaired) electrons. The lowest BCUT2D eigenvalue weighted by molar-refractivity contribution is -0.210. The van der Waals surface area contributed by atoms with E-state index in [4.69, 9.17) is 10.8 Å². The first-order valence-electron chi connectivity index (χ1n) is 4.18. The zero-order valence-electron chi connectivity index (χ0n) is 8.21. The first kappa shape index (κ1) is 17.2. The Morgan fingerprint density at radius 2 is 1.53 bits per heavy atom. The number of hydrogen-bond acceptors (Lipinski definition) is 2. The van der Waals surface area contributed by atoms with Gasteiger partial charge in [0.1, 0.15) is 0 Å². The molecule has 2 atom stereocenters. The summed E-state index contributed by atoms with van der Waals surface area (Å²) in [6, 6.07) is 3.03. The zero-order valence-corrected chi connectivity index (χ0v) is 12.2. The van der Waals surface area contributed by atoms with Gasteiger partial charge in [-0.2, -0.15) is 13.2 Å². The molecule has 0 saturated carbocycles. The SMILES string of the molecule is Cl.N[C@H](c1cc(Br)cc(Br)c1)[C@@H](O)C(F)(F)F. The molecule has 1 rings (SSSR count). The Balaban J connectivity index is 0.00000256. The minimum atomic E-state index is -4.73. The highest BCUT2D eigenvalue weighted by Crippen LogP contribution is 2.31. The van der Waals surface area contributed by atoms with Gasteiger partial charge in [0.25, 0.3) is 0 Å². The first-order chi connectivity index (χ1) is 7.21. The van der Waals surface area contributed by atoms with E-state index in [0.717, 1.165) is 0 Å². The second-order valence-electron chi connectivity index (χ2n) is 3.22. The zero-order chi connectivity index (χ0) is 12.5. The summed E-state index contributed by atoms with van der Waals surface area (Å²) in [5.74, 6) is 0. The molecule has 3 N–H and O–H groups in total. The fraction of sp³-hybridized carbons (Fsp3) is 0.333. The molecule has 1 aromatic rings. The van der Waals surface area contributed by atoms with Crippen molar-refractivity contribution >= 4 is 44.3 Å². The van der Waals surface area contributed by atoms with Gasteiger partial charge in [-0.05, 0) is 23.8 Å². The van der Waals surface area contributed by atoms with Crippen LogP contribution in [-0.4, -0.2) is 17.4 Å². The highest BCUT2D eigenvalue weighted by molar-refractivity contribution is 9.11. The van der Waals surface area contributed by atoms with Crippen LogP contribution in [0.2, 0.25) is 0 Å². The second kappa shape index (κ2) is 6.38. The van der Waals surface area contributed by atoms with Crippen LogP contribution in [0.25, 0.3) is 0 Å². The minimum Gasteiger partial charge on any atom is -0.382 e.